The Morgan fingerprint density at radius 2 is 1.56 bits per heavy atom. The molecule has 1 aliphatic heterocycles. The molecule has 188 valence electrons. The van der Waals surface area contributed by atoms with E-state index in [2.05, 4.69) is 21.9 Å². The Labute approximate surface area is 224 Å². The molecular weight excluding hydrogens is 518 g/mol. The smallest absolute Gasteiger partial charge is 0.339 e. The summed E-state index contributed by atoms with van der Waals surface area (Å²) in [6.45, 7) is 10.7. The molecule has 0 bridgehead atoms. The van der Waals surface area contributed by atoms with E-state index in [0.29, 0.717) is 17.8 Å². The Morgan fingerprint density at radius 1 is 0.912 bits per heavy atom. The maximum Gasteiger partial charge on any atom is 0.339 e. The summed E-state index contributed by atoms with van der Waals surface area (Å²) in [5, 5.41) is 1.75. The molecule has 3 aromatic rings. The molecule has 1 aliphatic rings. The third-order valence-corrected chi connectivity index (χ3v) is 6.35. The number of ether oxygens (including phenoxy) is 1. The zero-order chi connectivity index (χ0) is 21.8. The molecule has 4 rings (SSSR count). The first-order valence-electron chi connectivity index (χ1n) is 10.9. The number of hydrogen-bond acceptors (Lipinski definition) is 5. The van der Waals surface area contributed by atoms with E-state index in [1.165, 1.54) is 5.56 Å². The van der Waals surface area contributed by atoms with E-state index in [4.69, 9.17) is 20.8 Å². The molecule has 9 heteroatoms. The van der Waals surface area contributed by atoms with Gasteiger partial charge in [0.05, 0.1) is 6.61 Å². The second kappa shape index (κ2) is 14.2. The molecule has 0 radical (unpaired) electrons. The Kier molecular flexibility index (Phi) is 12.7. The van der Waals surface area contributed by atoms with Crippen molar-refractivity contribution in [1.29, 1.82) is 0 Å². The molecule has 0 N–H and O–H groups in total. The number of benzene rings is 2. The minimum Gasteiger partial charge on any atom is -0.493 e. The van der Waals surface area contributed by atoms with Crippen molar-refractivity contribution >= 4 is 59.8 Å². The predicted octanol–water partition coefficient (Wildman–Crippen LogP) is 5.92. The van der Waals surface area contributed by atoms with Gasteiger partial charge in [-0.05, 0) is 55.7 Å². The van der Waals surface area contributed by atoms with Crippen LogP contribution in [0.1, 0.15) is 23.1 Å². The van der Waals surface area contributed by atoms with E-state index in [0.717, 1.165) is 67.4 Å². The highest BCUT2D eigenvalue weighted by Gasteiger charge is 2.16. The van der Waals surface area contributed by atoms with Gasteiger partial charge in [0.15, 0.2) is 0 Å². The van der Waals surface area contributed by atoms with Crippen LogP contribution in [0.3, 0.4) is 0 Å². The summed E-state index contributed by atoms with van der Waals surface area (Å²) in [7, 11) is 0. The van der Waals surface area contributed by atoms with Gasteiger partial charge in [0.1, 0.15) is 11.3 Å². The number of aryl methyl sites for hydroxylation is 1. The van der Waals surface area contributed by atoms with Gasteiger partial charge >= 0.3 is 5.63 Å². The van der Waals surface area contributed by atoms with Crippen LogP contribution in [0.15, 0.2) is 51.7 Å². The molecule has 1 aromatic heterocycles. The first-order chi connectivity index (χ1) is 15.0. The van der Waals surface area contributed by atoms with Gasteiger partial charge in [-0.3, -0.25) is 4.90 Å². The number of halogens is 4. The third kappa shape index (κ3) is 7.77. The van der Waals surface area contributed by atoms with Gasteiger partial charge in [-0.25, -0.2) is 4.79 Å². The average molecular weight is 550 g/mol. The summed E-state index contributed by atoms with van der Waals surface area (Å²) in [6, 6.07) is 13.9. The van der Waals surface area contributed by atoms with E-state index < -0.39 is 0 Å². The second-order valence-electron chi connectivity index (χ2n) is 8.24. The second-order valence-corrected chi connectivity index (χ2v) is 8.68. The highest BCUT2D eigenvalue weighted by Crippen LogP contribution is 2.24. The molecule has 0 aliphatic carbocycles. The fraction of sp³-hybridized carbons (Fsp3) is 0.400. The van der Waals surface area contributed by atoms with Crippen molar-refractivity contribution < 1.29 is 9.15 Å². The summed E-state index contributed by atoms with van der Waals surface area (Å²) in [5.41, 5.74) is 3.24. The Bertz CT molecular complexity index is 1100. The zero-order valence-corrected chi connectivity index (χ0v) is 22.6. The van der Waals surface area contributed by atoms with Crippen LogP contribution in [-0.4, -0.2) is 49.1 Å². The van der Waals surface area contributed by atoms with Crippen LogP contribution in [0.5, 0.6) is 5.75 Å². The van der Waals surface area contributed by atoms with Crippen molar-refractivity contribution in [3.63, 3.8) is 0 Å². The van der Waals surface area contributed by atoms with Gasteiger partial charge in [-0.1, -0.05) is 23.7 Å². The van der Waals surface area contributed by atoms with Crippen LogP contribution in [0.4, 0.5) is 0 Å². The molecule has 0 atom stereocenters. The van der Waals surface area contributed by atoms with Crippen LogP contribution in [0.25, 0.3) is 11.0 Å². The van der Waals surface area contributed by atoms with Crippen molar-refractivity contribution in [2.45, 2.75) is 26.8 Å². The topological polar surface area (TPSA) is 45.9 Å². The summed E-state index contributed by atoms with van der Waals surface area (Å²) < 4.78 is 11.3. The van der Waals surface area contributed by atoms with E-state index in [1.54, 1.807) is 6.92 Å². The maximum absolute atomic E-state index is 11.9. The SMILES string of the molecule is Cc1c(C)c2ccc(OCCCN3CCN(Cc4ccc(Cl)cc4)CC3)cc2oc1=O.Cl.Cl.Cl. The van der Waals surface area contributed by atoms with Gasteiger partial charge in [0, 0.05) is 61.3 Å². The Hall–Kier alpha value is -1.47. The normalized spacial score (nSPS) is 14.1. The third-order valence-electron chi connectivity index (χ3n) is 6.10. The van der Waals surface area contributed by atoms with Crippen LogP contribution >= 0.6 is 48.8 Å². The Morgan fingerprint density at radius 3 is 2.24 bits per heavy atom. The monoisotopic (exact) mass is 548 g/mol. The van der Waals surface area contributed by atoms with Crippen molar-refractivity contribution in [2.24, 2.45) is 0 Å². The molecule has 1 saturated heterocycles. The minimum absolute atomic E-state index is 0. The molecule has 34 heavy (non-hydrogen) atoms. The minimum atomic E-state index is -0.280. The lowest BCUT2D eigenvalue weighted by atomic mass is 10.1. The molecule has 5 nitrogen and oxygen atoms in total. The molecule has 0 saturated carbocycles. The lowest BCUT2D eigenvalue weighted by Crippen LogP contribution is -2.46. The standard InChI is InChI=1S/C25H29ClN2O3.3ClH/c1-18-19(2)25(29)31-24-16-22(8-9-23(18)24)30-15-3-10-27-11-13-28(14-12-27)17-20-4-6-21(26)7-5-20;;;/h4-9,16H,3,10-15,17H2,1-2H3;3*1H. The fourth-order valence-corrected chi connectivity index (χ4v) is 4.14. The molecule has 0 unspecified atom stereocenters. The van der Waals surface area contributed by atoms with Crippen LogP contribution in [0, 0.1) is 13.8 Å². The summed E-state index contributed by atoms with van der Waals surface area (Å²) in [5.74, 6) is 0.742. The molecule has 0 amide bonds. The van der Waals surface area contributed by atoms with Crippen molar-refractivity contribution in [3.8, 4) is 5.75 Å². The lowest BCUT2D eigenvalue weighted by Gasteiger charge is -2.34. The van der Waals surface area contributed by atoms with Gasteiger partial charge in [-0.2, -0.15) is 0 Å². The molecule has 0 spiro atoms. The zero-order valence-electron chi connectivity index (χ0n) is 19.4. The van der Waals surface area contributed by atoms with Gasteiger partial charge in [-0.15, -0.1) is 37.2 Å². The van der Waals surface area contributed by atoms with E-state index >= 15 is 0 Å². The molecule has 2 heterocycles. The van der Waals surface area contributed by atoms with Gasteiger partial charge in [0.2, 0.25) is 0 Å². The quantitative estimate of drug-likeness (QED) is 0.270. The molecular formula is C25H32Cl4N2O3. The van der Waals surface area contributed by atoms with Crippen molar-refractivity contribution in [2.75, 3.05) is 39.3 Å². The first kappa shape index (κ1) is 30.6. The van der Waals surface area contributed by atoms with E-state index in [-0.39, 0.29) is 42.8 Å². The molecule has 2 aromatic carbocycles. The van der Waals surface area contributed by atoms with E-state index in [1.807, 2.05) is 37.3 Å². The van der Waals surface area contributed by atoms with Crippen LogP contribution in [-0.2, 0) is 6.54 Å². The van der Waals surface area contributed by atoms with Gasteiger partial charge < -0.3 is 14.1 Å². The van der Waals surface area contributed by atoms with Crippen molar-refractivity contribution in [1.82, 2.24) is 9.80 Å². The summed E-state index contributed by atoms with van der Waals surface area (Å²) in [4.78, 5) is 16.9. The average Bonchev–Trinajstić information content (AvgIpc) is 2.78. The largest absolute Gasteiger partial charge is 0.493 e. The number of piperazine rings is 1. The summed E-state index contributed by atoms with van der Waals surface area (Å²) in [6.07, 6.45) is 0.964. The highest BCUT2D eigenvalue weighted by atomic mass is 35.5. The lowest BCUT2D eigenvalue weighted by molar-refractivity contribution is 0.121. The van der Waals surface area contributed by atoms with Crippen LogP contribution < -0.4 is 10.4 Å². The van der Waals surface area contributed by atoms with Crippen molar-refractivity contribution in [3.05, 3.63) is 74.6 Å². The number of fused-ring (bicyclic) bond motifs is 1. The number of nitrogens with zero attached hydrogens (tertiary/aromatic N) is 2. The van der Waals surface area contributed by atoms with E-state index in [9.17, 15) is 4.79 Å². The van der Waals surface area contributed by atoms with Crippen LogP contribution in [0.2, 0.25) is 5.02 Å². The fourth-order valence-electron chi connectivity index (χ4n) is 4.02. The first-order valence-corrected chi connectivity index (χ1v) is 11.2. The number of hydrogen-bond donors (Lipinski definition) is 0. The molecule has 1 fully saturated rings. The summed E-state index contributed by atoms with van der Waals surface area (Å²) >= 11 is 5.97. The Balaban J connectivity index is 0.00000193. The van der Waals surface area contributed by atoms with Gasteiger partial charge in [0.25, 0.3) is 0 Å². The maximum atomic E-state index is 11.9. The predicted molar refractivity (Wildman–Crippen MR) is 147 cm³/mol. The highest BCUT2D eigenvalue weighted by molar-refractivity contribution is 6.30. The number of rotatable bonds is 7.